The van der Waals surface area contributed by atoms with Crippen molar-refractivity contribution in [2.75, 3.05) is 12.5 Å². The summed E-state index contributed by atoms with van der Waals surface area (Å²) in [5, 5.41) is 6.96. The minimum Gasteiger partial charge on any atom is -0.496 e. The second-order valence-corrected chi connectivity index (χ2v) is 7.42. The third-order valence-electron chi connectivity index (χ3n) is 4.47. The van der Waals surface area contributed by atoms with Gasteiger partial charge in [0.25, 0.3) is 0 Å². The van der Waals surface area contributed by atoms with Gasteiger partial charge in [0.05, 0.1) is 19.0 Å². The highest BCUT2D eigenvalue weighted by atomic mass is 32.1. The summed E-state index contributed by atoms with van der Waals surface area (Å²) < 4.78 is 24.8. The summed E-state index contributed by atoms with van der Waals surface area (Å²) in [5.74, 6) is 0.457. The first kappa shape index (κ1) is 20.6. The van der Waals surface area contributed by atoms with Crippen molar-refractivity contribution in [2.45, 2.75) is 6.61 Å². The Balaban J connectivity index is 1.42. The fourth-order valence-electron chi connectivity index (χ4n) is 2.94. The molecule has 0 fully saturated rings. The maximum Gasteiger partial charge on any atom is 0.203 e. The van der Waals surface area contributed by atoms with Crippen LogP contribution in [-0.2, 0) is 6.61 Å². The van der Waals surface area contributed by atoms with E-state index in [1.54, 1.807) is 31.5 Å². The van der Waals surface area contributed by atoms with Crippen molar-refractivity contribution in [1.82, 2.24) is 4.98 Å². The van der Waals surface area contributed by atoms with Gasteiger partial charge >= 0.3 is 0 Å². The molecule has 31 heavy (non-hydrogen) atoms. The Morgan fingerprint density at radius 1 is 1.03 bits per heavy atom. The first-order valence-corrected chi connectivity index (χ1v) is 10.4. The predicted molar refractivity (Wildman–Crippen MR) is 122 cm³/mol. The smallest absolute Gasteiger partial charge is 0.203 e. The van der Waals surface area contributed by atoms with Crippen molar-refractivity contribution in [3.8, 4) is 22.8 Å². The number of hydrazone groups is 1. The lowest BCUT2D eigenvalue weighted by atomic mass is 10.1. The van der Waals surface area contributed by atoms with Gasteiger partial charge in [-0.05, 0) is 35.9 Å². The highest BCUT2D eigenvalue weighted by molar-refractivity contribution is 7.14. The van der Waals surface area contributed by atoms with E-state index >= 15 is 0 Å². The average molecular weight is 434 g/mol. The highest BCUT2D eigenvalue weighted by Crippen LogP contribution is 2.25. The van der Waals surface area contributed by atoms with Gasteiger partial charge in [0.2, 0.25) is 5.13 Å². The van der Waals surface area contributed by atoms with Crippen LogP contribution in [-0.4, -0.2) is 18.3 Å². The number of methoxy groups -OCH3 is 1. The lowest BCUT2D eigenvalue weighted by molar-refractivity contribution is 0.282. The molecule has 1 heterocycles. The van der Waals surface area contributed by atoms with Gasteiger partial charge in [0.15, 0.2) is 11.6 Å². The molecule has 1 aromatic heterocycles. The van der Waals surface area contributed by atoms with Crippen LogP contribution in [0.1, 0.15) is 11.1 Å². The number of rotatable bonds is 8. The van der Waals surface area contributed by atoms with E-state index in [-0.39, 0.29) is 12.4 Å². The van der Waals surface area contributed by atoms with Crippen LogP contribution in [0.5, 0.6) is 11.5 Å². The van der Waals surface area contributed by atoms with Gasteiger partial charge in [-0.1, -0.05) is 42.5 Å². The van der Waals surface area contributed by atoms with Crippen molar-refractivity contribution in [2.24, 2.45) is 5.10 Å². The summed E-state index contributed by atoms with van der Waals surface area (Å²) in [7, 11) is 1.59. The zero-order chi connectivity index (χ0) is 21.5. The van der Waals surface area contributed by atoms with E-state index in [4.69, 9.17) is 9.47 Å². The minimum absolute atomic E-state index is 0.173. The number of ether oxygens (including phenoxy) is 2. The molecular weight excluding hydrogens is 413 g/mol. The van der Waals surface area contributed by atoms with Gasteiger partial charge in [-0.25, -0.2) is 9.37 Å². The molecule has 0 atom stereocenters. The van der Waals surface area contributed by atoms with E-state index in [1.165, 1.54) is 17.4 Å². The molecule has 0 aliphatic rings. The summed E-state index contributed by atoms with van der Waals surface area (Å²) >= 11 is 1.48. The Labute approximate surface area is 183 Å². The Kier molecular flexibility index (Phi) is 6.54. The summed E-state index contributed by atoms with van der Waals surface area (Å²) in [6, 6.07) is 21.9. The molecule has 0 aliphatic carbocycles. The molecule has 156 valence electrons. The molecule has 0 amide bonds. The van der Waals surface area contributed by atoms with Gasteiger partial charge in [-0.3, -0.25) is 5.43 Å². The Morgan fingerprint density at radius 3 is 2.65 bits per heavy atom. The van der Waals surface area contributed by atoms with E-state index in [0.29, 0.717) is 10.9 Å². The van der Waals surface area contributed by atoms with Crippen LogP contribution in [0.25, 0.3) is 11.3 Å². The van der Waals surface area contributed by atoms with E-state index in [1.807, 2.05) is 53.9 Å². The molecule has 0 saturated heterocycles. The number of benzene rings is 3. The molecule has 0 spiro atoms. The van der Waals surface area contributed by atoms with Crippen LogP contribution in [0.4, 0.5) is 9.52 Å². The first-order valence-electron chi connectivity index (χ1n) is 9.57. The zero-order valence-corrected chi connectivity index (χ0v) is 17.6. The Hall–Kier alpha value is -3.71. The molecule has 0 saturated carbocycles. The molecule has 0 aliphatic heterocycles. The molecule has 0 radical (unpaired) electrons. The van der Waals surface area contributed by atoms with E-state index in [9.17, 15) is 4.39 Å². The van der Waals surface area contributed by atoms with Crippen molar-refractivity contribution in [3.63, 3.8) is 0 Å². The lowest BCUT2D eigenvalue weighted by Crippen LogP contribution is -2.01. The maximum atomic E-state index is 13.8. The van der Waals surface area contributed by atoms with Gasteiger partial charge in [-0.2, -0.15) is 5.10 Å². The molecule has 7 heteroatoms. The fraction of sp³-hybridized carbons (Fsp3) is 0.0833. The van der Waals surface area contributed by atoms with Crippen molar-refractivity contribution >= 4 is 22.7 Å². The summed E-state index contributed by atoms with van der Waals surface area (Å²) in [5.41, 5.74) is 6.56. The van der Waals surface area contributed by atoms with Gasteiger partial charge in [0.1, 0.15) is 12.4 Å². The second kappa shape index (κ2) is 9.86. The van der Waals surface area contributed by atoms with Gasteiger partial charge < -0.3 is 9.47 Å². The monoisotopic (exact) mass is 433 g/mol. The molecule has 4 rings (SSSR count). The topological polar surface area (TPSA) is 55.7 Å². The molecule has 3 aromatic carbocycles. The van der Waals surface area contributed by atoms with Crippen LogP contribution >= 0.6 is 11.3 Å². The predicted octanol–water partition coefficient (Wildman–Crippen LogP) is 5.98. The third kappa shape index (κ3) is 5.26. The van der Waals surface area contributed by atoms with Crippen LogP contribution in [0, 0.1) is 5.82 Å². The second-order valence-electron chi connectivity index (χ2n) is 6.56. The number of aromatic nitrogens is 1. The zero-order valence-electron chi connectivity index (χ0n) is 16.8. The molecule has 0 bridgehead atoms. The van der Waals surface area contributed by atoms with Crippen LogP contribution < -0.4 is 14.9 Å². The summed E-state index contributed by atoms with van der Waals surface area (Å²) in [6.07, 6.45) is 1.69. The SMILES string of the molecule is COc1ccc(C=NNc2nc(-c3ccccc3)cs2)cc1COc1ccccc1F. The van der Waals surface area contributed by atoms with Crippen molar-refractivity contribution in [3.05, 3.63) is 95.1 Å². The first-order chi connectivity index (χ1) is 15.2. The largest absolute Gasteiger partial charge is 0.496 e. The quantitative estimate of drug-likeness (QED) is 0.274. The number of para-hydroxylation sites is 1. The van der Waals surface area contributed by atoms with Crippen molar-refractivity contribution in [1.29, 1.82) is 0 Å². The highest BCUT2D eigenvalue weighted by Gasteiger charge is 2.08. The molecule has 5 nitrogen and oxygen atoms in total. The number of thiazole rings is 1. The molecule has 4 aromatic rings. The Bertz CT molecular complexity index is 1180. The minimum atomic E-state index is -0.401. The van der Waals surface area contributed by atoms with Gasteiger partial charge in [0, 0.05) is 16.5 Å². The van der Waals surface area contributed by atoms with Crippen molar-refractivity contribution < 1.29 is 13.9 Å². The fourth-order valence-corrected chi connectivity index (χ4v) is 3.61. The normalized spacial score (nSPS) is 10.9. The number of nitrogens with zero attached hydrogens (tertiary/aromatic N) is 2. The van der Waals surface area contributed by atoms with Gasteiger partial charge in [-0.15, -0.1) is 11.3 Å². The number of hydrogen-bond donors (Lipinski definition) is 1. The van der Waals surface area contributed by atoms with E-state index < -0.39 is 5.82 Å². The van der Waals surface area contributed by atoms with E-state index in [0.717, 1.165) is 22.4 Å². The molecule has 0 unspecified atom stereocenters. The number of anilines is 1. The number of halogens is 1. The van der Waals surface area contributed by atoms with Crippen LogP contribution in [0.3, 0.4) is 0 Å². The number of hydrogen-bond acceptors (Lipinski definition) is 6. The average Bonchev–Trinajstić information content (AvgIpc) is 3.28. The number of nitrogens with one attached hydrogen (secondary N) is 1. The third-order valence-corrected chi connectivity index (χ3v) is 5.22. The maximum absolute atomic E-state index is 13.8. The summed E-state index contributed by atoms with van der Waals surface area (Å²) in [4.78, 5) is 4.55. The Morgan fingerprint density at radius 2 is 1.84 bits per heavy atom. The molecular formula is C24H20FN3O2S. The molecule has 1 N–H and O–H groups in total. The van der Waals surface area contributed by atoms with Crippen LogP contribution in [0.15, 0.2) is 83.3 Å². The lowest BCUT2D eigenvalue weighted by Gasteiger charge is -2.11. The standard InChI is InChI=1S/C24H20FN3O2S/c1-29-22-12-11-17(13-19(22)15-30-23-10-6-5-9-20(23)25)14-26-28-24-27-21(16-31-24)18-7-3-2-4-8-18/h2-14,16H,15H2,1H3,(H,27,28). The summed E-state index contributed by atoms with van der Waals surface area (Å²) in [6.45, 7) is 0.173. The van der Waals surface area contributed by atoms with E-state index in [2.05, 4.69) is 15.5 Å². The van der Waals surface area contributed by atoms with Crippen LogP contribution in [0.2, 0.25) is 0 Å².